The number of carbonyl (C=O) groups excluding carboxylic acids is 1. The number of carbonyl (C=O) groups is 1. The molecule has 0 aromatic carbocycles. The van der Waals surface area contributed by atoms with Crippen LogP contribution in [0, 0.1) is 0 Å². The normalized spacial score (nSPS) is 19.0. The third kappa shape index (κ3) is 3.90. The summed E-state index contributed by atoms with van der Waals surface area (Å²) in [5.74, 6) is 0.509. The molecule has 1 fully saturated rings. The zero-order valence-corrected chi connectivity index (χ0v) is 13.6. The molecule has 0 aliphatic carbocycles. The predicted octanol–water partition coefficient (Wildman–Crippen LogP) is 1.86. The molecule has 2 heterocycles. The fraction of sp³-hybridized carbons (Fsp3) is 0.786. The van der Waals surface area contributed by atoms with Gasteiger partial charge in [-0.05, 0) is 32.1 Å². The summed E-state index contributed by atoms with van der Waals surface area (Å²) in [7, 11) is 0. The fourth-order valence-corrected chi connectivity index (χ4v) is 3.66. The molecule has 1 aromatic rings. The molecule has 1 atom stereocenters. The van der Waals surface area contributed by atoms with E-state index in [1.165, 1.54) is 18.2 Å². The highest BCUT2D eigenvalue weighted by atomic mass is 32.2. The van der Waals surface area contributed by atoms with Crippen molar-refractivity contribution in [2.45, 2.75) is 63.7 Å². The minimum Gasteiger partial charge on any atom is -0.339 e. The lowest BCUT2D eigenvalue weighted by atomic mass is 10.0. The maximum atomic E-state index is 12.4. The van der Waals surface area contributed by atoms with Crippen LogP contribution in [0.2, 0.25) is 0 Å². The third-order valence-electron chi connectivity index (χ3n) is 3.91. The van der Waals surface area contributed by atoms with Gasteiger partial charge < -0.3 is 4.90 Å². The summed E-state index contributed by atoms with van der Waals surface area (Å²) in [6.07, 6.45) is 5.29. The molecule has 1 aliphatic heterocycles. The minimum atomic E-state index is -0.198. The first-order chi connectivity index (χ1) is 10.2. The highest BCUT2D eigenvalue weighted by Crippen LogP contribution is 2.22. The lowest BCUT2D eigenvalue weighted by Crippen LogP contribution is -2.44. The number of rotatable bonds is 6. The predicted molar refractivity (Wildman–Crippen MR) is 83.5 cm³/mol. The van der Waals surface area contributed by atoms with Gasteiger partial charge in [0.2, 0.25) is 5.91 Å². The van der Waals surface area contributed by atoms with Crippen molar-refractivity contribution in [3.8, 4) is 0 Å². The Balaban J connectivity index is 1.96. The number of thioether (sulfide) groups is 1. The Hall–Kier alpha value is -1.24. The second-order valence-corrected chi connectivity index (χ2v) is 6.34. The van der Waals surface area contributed by atoms with Crippen LogP contribution in [0.15, 0.2) is 9.95 Å². The fourth-order valence-electron chi connectivity index (χ4n) is 2.80. The average molecular weight is 312 g/mol. The number of hydrogen-bond acceptors (Lipinski definition) is 4. The Morgan fingerprint density at radius 1 is 1.43 bits per heavy atom. The molecule has 1 aliphatic rings. The van der Waals surface area contributed by atoms with Crippen molar-refractivity contribution in [3.63, 3.8) is 0 Å². The Morgan fingerprint density at radius 2 is 2.24 bits per heavy atom. The zero-order chi connectivity index (χ0) is 15.2. The van der Waals surface area contributed by atoms with E-state index in [0.29, 0.717) is 23.5 Å². The number of nitrogens with one attached hydrogen (secondary N) is 1. The first kappa shape index (κ1) is 16.1. The molecule has 1 N–H and O–H groups in total. The van der Waals surface area contributed by atoms with Crippen LogP contribution in [0.5, 0.6) is 0 Å². The van der Waals surface area contributed by atoms with Gasteiger partial charge in [-0.25, -0.2) is 9.89 Å². The van der Waals surface area contributed by atoms with Gasteiger partial charge in [-0.3, -0.25) is 9.36 Å². The number of H-pyrrole nitrogens is 1. The van der Waals surface area contributed by atoms with Crippen LogP contribution >= 0.6 is 11.8 Å². The number of aromatic amines is 1. The van der Waals surface area contributed by atoms with E-state index >= 15 is 0 Å². The van der Waals surface area contributed by atoms with Crippen molar-refractivity contribution in [1.82, 2.24) is 19.7 Å². The van der Waals surface area contributed by atoms with E-state index in [9.17, 15) is 9.59 Å². The molecule has 1 aromatic heterocycles. The topological polar surface area (TPSA) is 71.0 Å². The Labute approximate surface area is 129 Å². The van der Waals surface area contributed by atoms with Crippen LogP contribution in [0.25, 0.3) is 0 Å². The molecular weight excluding hydrogens is 288 g/mol. The van der Waals surface area contributed by atoms with Crippen molar-refractivity contribution in [2.75, 3.05) is 12.3 Å². The summed E-state index contributed by atoms with van der Waals surface area (Å²) in [6.45, 7) is 5.64. The zero-order valence-electron chi connectivity index (χ0n) is 12.8. The second kappa shape index (κ2) is 7.68. The summed E-state index contributed by atoms with van der Waals surface area (Å²) in [5.41, 5.74) is -0.198. The van der Waals surface area contributed by atoms with Gasteiger partial charge in [-0.2, -0.15) is 0 Å². The van der Waals surface area contributed by atoms with E-state index in [4.69, 9.17) is 0 Å². The van der Waals surface area contributed by atoms with Crippen molar-refractivity contribution < 1.29 is 4.79 Å². The van der Waals surface area contributed by atoms with E-state index in [-0.39, 0.29) is 11.6 Å². The number of hydrogen-bond donors (Lipinski definition) is 1. The Bertz CT molecular complexity index is 525. The maximum absolute atomic E-state index is 12.4. The maximum Gasteiger partial charge on any atom is 0.343 e. The number of nitrogens with zero attached hydrogens (tertiary/aromatic N) is 3. The average Bonchev–Trinajstić information content (AvgIpc) is 2.86. The van der Waals surface area contributed by atoms with Crippen LogP contribution in [-0.2, 0) is 11.3 Å². The van der Waals surface area contributed by atoms with Crippen molar-refractivity contribution in [1.29, 1.82) is 0 Å². The molecule has 1 saturated heterocycles. The number of amides is 1. The quantitative estimate of drug-likeness (QED) is 0.814. The number of piperidine rings is 1. The molecule has 6 nitrogen and oxygen atoms in total. The van der Waals surface area contributed by atoms with E-state index in [1.54, 1.807) is 4.57 Å². The number of likely N-dealkylation sites (tertiary alicyclic amines) is 1. The van der Waals surface area contributed by atoms with Crippen molar-refractivity contribution >= 4 is 17.7 Å². The molecule has 21 heavy (non-hydrogen) atoms. The lowest BCUT2D eigenvalue weighted by molar-refractivity contribution is -0.132. The van der Waals surface area contributed by atoms with Gasteiger partial charge in [-0.15, -0.1) is 5.10 Å². The third-order valence-corrected chi connectivity index (χ3v) is 4.88. The number of aromatic nitrogens is 3. The van der Waals surface area contributed by atoms with Crippen LogP contribution in [0.4, 0.5) is 0 Å². The second-order valence-electron chi connectivity index (χ2n) is 5.40. The smallest absolute Gasteiger partial charge is 0.339 e. The van der Waals surface area contributed by atoms with Crippen LogP contribution < -0.4 is 5.69 Å². The van der Waals surface area contributed by atoms with Crippen LogP contribution in [0.3, 0.4) is 0 Å². The van der Waals surface area contributed by atoms with Gasteiger partial charge >= 0.3 is 5.69 Å². The van der Waals surface area contributed by atoms with Crippen LogP contribution in [0.1, 0.15) is 46.0 Å². The Morgan fingerprint density at radius 3 is 2.95 bits per heavy atom. The first-order valence-electron chi connectivity index (χ1n) is 7.74. The first-order valence-corrected chi connectivity index (χ1v) is 8.73. The molecule has 1 unspecified atom stereocenters. The van der Waals surface area contributed by atoms with Crippen molar-refractivity contribution in [2.24, 2.45) is 0 Å². The minimum absolute atomic E-state index is 0.157. The summed E-state index contributed by atoms with van der Waals surface area (Å²) in [4.78, 5) is 26.0. The largest absolute Gasteiger partial charge is 0.343 e. The molecule has 118 valence electrons. The molecule has 0 radical (unpaired) electrons. The van der Waals surface area contributed by atoms with Gasteiger partial charge in [-0.1, -0.05) is 25.6 Å². The summed E-state index contributed by atoms with van der Waals surface area (Å²) in [5, 5.41) is 7.08. The highest BCUT2D eigenvalue weighted by Gasteiger charge is 2.25. The van der Waals surface area contributed by atoms with Gasteiger partial charge in [0, 0.05) is 19.1 Å². The summed E-state index contributed by atoms with van der Waals surface area (Å²) in [6, 6.07) is 0.379. The summed E-state index contributed by atoms with van der Waals surface area (Å²) < 4.78 is 1.60. The monoisotopic (exact) mass is 312 g/mol. The van der Waals surface area contributed by atoms with Crippen molar-refractivity contribution in [3.05, 3.63) is 10.5 Å². The van der Waals surface area contributed by atoms with E-state index in [2.05, 4.69) is 17.1 Å². The van der Waals surface area contributed by atoms with Gasteiger partial charge in [0.25, 0.3) is 0 Å². The summed E-state index contributed by atoms with van der Waals surface area (Å²) >= 11 is 1.35. The van der Waals surface area contributed by atoms with Gasteiger partial charge in [0.05, 0.1) is 5.75 Å². The van der Waals surface area contributed by atoms with Gasteiger partial charge in [0.1, 0.15) is 0 Å². The highest BCUT2D eigenvalue weighted by molar-refractivity contribution is 7.99. The van der Waals surface area contributed by atoms with E-state index in [1.807, 2.05) is 11.8 Å². The lowest BCUT2D eigenvalue weighted by Gasteiger charge is -2.35. The van der Waals surface area contributed by atoms with Crippen LogP contribution in [-0.4, -0.2) is 43.9 Å². The molecule has 7 heteroatoms. The van der Waals surface area contributed by atoms with E-state index < -0.39 is 0 Å². The standard InChI is InChI=1S/C14H24N4O2S/c1-3-8-18-13(20)15-16-14(18)21-10-12(19)17-9-6-5-7-11(17)4-2/h11H,3-10H2,1-2H3,(H,15,20). The molecule has 1 amide bonds. The molecular formula is C14H24N4O2S. The SMILES string of the molecule is CCCn1c(SCC(=O)N2CCCCC2CC)n[nH]c1=O. The Kier molecular flexibility index (Phi) is 5.90. The molecule has 2 rings (SSSR count). The van der Waals surface area contributed by atoms with Gasteiger partial charge in [0.15, 0.2) is 5.16 Å². The molecule has 0 bridgehead atoms. The van der Waals surface area contributed by atoms with E-state index in [0.717, 1.165) is 32.2 Å². The molecule has 0 spiro atoms. The molecule has 0 saturated carbocycles.